The van der Waals surface area contributed by atoms with Gasteiger partial charge in [0.05, 0.1) is 17.7 Å². The van der Waals surface area contributed by atoms with Crippen molar-refractivity contribution < 1.29 is 8.78 Å². The second kappa shape index (κ2) is 5.30. The number of thiazole rings is 1. The highest BCUT2D eigenvalue weighted by molar-refractivity contribution is 7.07. The molecule has 0 amide bonds. The number of alkyl halides is 2. The Bertz CT molecular complexity index is 514. The molecule has 6 heteroatoms. The van der Waals surface area contributed by atoms with Crippen molar-refractivity contribution in [3.63, 3.8) is 0 Å². The quantitative estimate of drug-likeness (QED) is 0.866. The van der Waals surface area contributed by atoms with Gasteiger partial charge in [-0.3, -0.25) is 0 Å². The Morgan fingerprint density at radius 3 is 2.83 bits per heavy atom. The molecule has 1 aromatic carbocycles. The van der Waals surface area contributed by atoms with Crippen molar-refractivity contribution in [2.75, 3.05) is 17.7 Å². The minimum Gasteiger partial charge on any atom is -0.399 e. The van der Waals surface area contributed by atoms with Crippen LogP contribution in [0.5, 0.6) is 0 Å². The lowest BCUT2D eigenvalue weighted by Gasteiger charge is -2.21. The van der Waals surface area contributed by atoms with Gasteiger partial charge in [0.2, 0.25) is 0 Å². The first-order chi connectivity index (χ1) is 8.58. The van der Waals surface area contributed by atoms with E-state index in [0.29, 0.717) is 17.9 Å². The van der Waals surface area contributed by atoms with E-state index in [-0.39, 0.29) is 5.56 Å². The molecule has 1 aromatic heterocycles. The van der Waals surface area contributed by atoms with Crippen LogP contribution in [0.1, 0.15) is 17.7 Å². The highest BCUT2D eigenvalue weighted by Crippen LogP contribution is 2.31. The monoisotopic (exact) mass is 269 g/mol. The first kappa shape index (κ1) is 12.8. The van der Waals surface area contributed by atoms with Crippen LogP contribution in [0, 0.1) is 0 Å². The smallest absolute Gasteiger partial charge is 0.265 e. The molecule has 0 aliphatic carbocycles. The van der Waals surface area contributed by atoms with Gasteiger partial charge < -0.3 is 10.6 Å². The molecule has 0 fully saturated rings. The maximum absolute atomic E-state index is 13.0. The Hall–Kier alpha value is -1.69. The molecule has 0 radical (unpaired) electrons. The summed E-state index contributed by atoms with van der Waals surface area (Å²) in [5, 5.41) is 1.90. The topological polar surface area (TPSA) is 42.2 Å². The standard InChI is InChI=1S/C12H13F2N3S/c1-17(5-9-6-18-7-16-9)11-3-2-8(15)4-10(11)12(13)14/h2-4,6-7,12H,5,15H2,1H3. The van der Waals surface area contributed by atoms with Crippen molar-refractivity contribution >= 4 is 22.7 Å². The third-order valence-corrected chi connectivity index (χ3v) is 3.22. The van der Waals surface area contributed by atoms with Gasteiger partial charge in [-0.2, -0.15) is 0 Å². The summed E-state index contributed by atoms with van der Waals surface area (Å²) in [4.78, 5) is 5.88. The first-order valence-corrected chi connectivity index (χ1v) is 6.28. The van der Waals surface area contributed by atoms with E-state index in [9.17, 15) is 8.78 Å². The number of rotatable bonds is 4. The van der Waals surface area contributed by atoms with Crippen LogP contribution < -0.4 is 10.6 Å². The molecule has 0 aliphatic heterocycles. The molecule has 2 N–H and O–H groups in total. The van der Waals surface area contributed by atoms with Crippen LogP contribution in [0.2, 0.25) is 0 Å². The third-order valence-electron chi connectivity index (χ3n) is 2.58. The van der Waals surface area contributed by atoms with Crippen molar-refractivity contribution in [1.82, 2.24) is 4.98 Å². The van der Waals surface area contributed by atoms with Crippen LogP contribution in [0.4, 0.5) is 20.2 Å². The van der Waals surface area contributed by atoms with E-state index in [4.69, 9.17) is 5.73 Å². The lowest BCUT2D eigenvalue weighted by atomic mass is 10.1. The van der Waals surface area contributed by atoms with Gasteiger partial charge in [-0.25, -0.2) is 13.8 Å². The van der Waals surface area contributed by atoms with Crippen LogP contribution in [0.25, 0.3) is 0 Å². The maximum Gasteiger partial charge on any atom is 0.265 e. The van der Waals surface area contributed by atoms with Gasteiger partial charge >= 0.3 is 0 Å². The van der Waals surface area contributed by atoms with Gasteiger partial charge in [0.25, 0.3) is 6.43 Å². The summed E-state index contributed by atoms with van der Waals surface area (Å²) in [5.41, 5.74) is 8.90. The molecule has 0 atom stereocenters. The number of aromatic nitrogens is 1. The van der Waals surface area contributed by atoms with Crippen molar-refractivity contribution in [3.8, 4) is 0 Å². The number of nitrogens with two attached hydrogens (primary N) is 1. The summed E-state index contributed by atoms with van der Waals surface area (Å²) < 4.78 is 25.9. The number of nitrogens with zero attached hydrogens (tertiary/aromatic N) is 2. The summed E-state index contributed by atoms with van der Waals surface area (Å²) >= 11 is 1.48. The van der Waals surface area contributed by atoms with Crippen LogP contribution >= 0.6 is 11.3 Å². The second-order valence-electron chi connectivity index (χ2n) is 3.95. The van der Waals surface area contributed by atoms with E-state index in [1.807, 2.05) is 5.38 Å². The van der Waals surface area contributed by atoms with Gasteiger partial charge in [0.15, 0.2) is 0 Å². The van der Waals surface area contributed by atoms with Crippen LogP contribution in [-0.2, 0) is 6.54 Å². The number of nitrogen functional groups attached to an aromatic ring is 1. The summed E-state index contributed by atoms with van der Waals surface area (Å²) in [7, 11) is 1.76. The predicted molar refractivity (Wildman–Crippen MR) is 70.0 cm³/mol. The largest absolute Gasteiger partial charge is 0.399 e. The third kappa shape index (κ3) is 2.76. The van der Waals surface area contributed by atoms with Gasteiger partial charge in [0.1, 0.15) is 0 Å². The molecule has 0 spiro atoms. The van der Waals surface area contributed by atoms with Gasteiger partial charge in [0, 0.05) is 29.4 Å². The number of halogens is 2. The summed E-state index contributed by atoms with van der Waals surface area (Å²) in [6.45, 7) is 0.493. The summed E-state index contributed by atoms with van der Waals surface area (Å²) in [6, 6.07) is 4.56. The molecule has 2 rings (SSSR count). The number of hydrogen-bond acceptors (Lipinski definition) is 4. The van der Waals surface area contributed by atoms with E-state index in [1.165, 1.54) is 17.4 Å². The first-order valence-electron chi connectivity index (χ1n) is 5.33. The van der Waals surface area contributed by atoms with Crippen LogP contribution in [-0.4, -0.2) is 12.0 Å². The Morgan fingerprint density at radius 1 is 1.44 bits per heavy atom. The fraction of sp³-hybridized carbons (Fsp3) is 0.250. The second-order valence-corrected chi connectivity index (χ2v) is 4.67. The van der Waals surface area contributed by atoms with Crippen molar-refractivity contribution in [2.24, 2.45) is 0 Å². The normalized spacial score (nSPS) is 10.9. The van der Waals surface area contributed by atoms with E-state index < -0.39 is 6.43 Å². The molecule has 1 heterocycles. The summed E-state index contributed by atoms with van der Waals surface area (Å²) in [6.07, 6.45) is -2.54. The predicted octanol–water partition coefficient (Wildman–Crippen LogP) is 3.30. The van der Waals surface area contributed by atoms with E-state index >= 15 is 0 Å². The maximum atomic E-state index is 13.0. The highest BCUT2D eigenvalue weighted by atomic mass is 32.1. The zero-order chi connectivity index (χ0) is 13.1. The Morgan fingerprint density at radius 2 is 2.22 bits per heavy atom. The Balaban J connectivity index is 2.26. The SMILES string of the molecule is CN(Cc1cscn1)c1ccc(N)cc1C(F)F. The Labute approximate surface area is 108 Å². The van der Waals surface area contributed by atoms with Crippen molar-refractivity contribution in [3.05, 3.63) is 40.3 Å². The molecule has 0 saturated carbocycles. The Kier molecular flexibility index (Phi) is 3.76. The minimum absolute atomic E-state index is 0.0484. The fourth-order valence-corrected chi connectivity index (χ4v) is 2.29. The van der Waals surface area contributed by atoms with Crippen molar-refractivity contribution in [1.29, 1.82) is 0 Å². The number of anilines is 2. The summed E-state index contributed by atoms with van der Waals surface area (Å²) in [5.74, 6) is 0. The molecule has 0 unspecified atom stereocenters. The molecule has 96 valence electrons. The highest BCUT2D eigenvalue weighted by Gasteiger charge is 2.16. The lowest BCUT2D eigenvalue weighted by molar-refractivity contribution is 0.152. The number of hydrogen-bond donors (Lipinski definition) is 1. The molecular weight excluding hydrogens is 256 g/mol. The van der Waals surface area contributed by atoms with E-state index in [2.05, 4.69) is 4.98 Å². The molecule has 0 aliphatic rings. The van der Waals surface area contributed by atoms with Crippen LogP contribution in [0.3, 0.4) is 0 Å². The van der Waals surface area contributed by atoms with Gasteiger partial charge in [-0.05, 0) is 18.2 Å². The molecule has 18 heavy (non-hydrogen) atoms. The van der Waals surface area contributed by atoms with Crippen LogP contribution in [0.15, 0.2) is 29.1 Å². The fourth-order valence-electron chi connectivity index (χ4n) is 1.74. The van der Waals surface area contributed by atoms with Gasteiger partial charge in [-0.1, -0.05) is 0 Å². The molecule has 0 bridgehead atoms. The zero-order valence-corrected chi connectivity index (χ0v) is 10.6. The van der Waals surface area contributed by atoms with E-state index in [0.717, 1.165) is 5.69 Å². The van der Waals surface area contributed by atoms with Crippen molar-refractivity contribution in [2.45, 2.75) is 13.0 Å². The zero-order valence-electron chi connectivity index (χ0n) is 9.81. The lowest BCUT2D eigenvalue weighted by Crippen LogP contribution is -2.18. The average Bonchev–Trinajstić information content (AvgIpc) is 2.81. The number of benzene rings is 1. The molecule has 0 saturated heterocycles. The van der Waals surface area contributed by atoms with Gasteiger partial charge in [-0.15, -0.1) is 11.3 Å². The average molecular weight is 269 g/mol. The molecule has 3 nitrogen and oxygen atoms in total. The van der Waals surface area contributed by atoms with E-state index in [1.54, 1.807) is 29.6 Å². The molecule has 2 aromatic rings. The minimum atomic E-state index is -2.54. The molecular formula is C12H13F2N3S.